The summed E-state index contributed by atoms with van der Waals surface area (Å²) >= 11 is 0. The molecule has 0 aromatic rings. The molecule has 1 fully saturated rings. The second kappa shape index (κ2) is 5.64. The fourth-order valence-corrected chi connectivity index (χ4v) is 2.39. The molecule has 0 aromatic carbocycles. The zero-order valence-corrected chi connectivity index (χ0v) is 10.8. The minimum absolute atomic E-state index is 0.191. The molecule has 1 amide bonds. The van der Waals surface area contributed by atoms with E-state index in [9.17, 15) is 4.79 Å². The SMILES string of the molecule is CCNC(CN(CC)CC)(C(N)=O)C1CC1. The Labute approximate surface area is 98.6 Å². The maximum Gasteiger partial charge on any atom is 0.239 e. The first-order valence-corrected chi connectivity index (χ1v) is 6.38. The molecule has 0 saturated heterocycles. The lowest BCUT2D eigenvalue weighted by Crippen LogP contribution is -2.63. The predicted octanol–water partition coefficient (Wildman–Crippen LogP) is 0.572. The summed E-state index contributed by atoms with van der Waals surface area (Å²) in [6.45, 7) is 9.73. The molecule has 1 aliphatic carbocycles. The molecule has 1 saturated carbocycles. The van der Waals surface area contributed by atoms with E-state index in [0.29, 0.717) is 5.92 Å². The fraction of sp³-hybridized carbons (Fsp3) is 0.917. The van der Waals surface area contributed by atoms with Gasteiger partial charge in [-0.1, -0.05) is 20.8 Å². The number of hydrogen-bond acceptors (Lipinski definition) is 3. The summed E-state index contributed by atoms with van der Waals surface area (Å²) in [7, 11) is 0. The smallest absolute Gasteiger partial charge is 0.239 e. The predicted molar refractivity (Wildman–Crippen MR) is 66.1 cm³/mol. The molecule has 0 aromatic heterocycles. The van der Waals surface area contributed by atoms with Crippen LogP contribution in [0.3, 0.4) is 0 Å². The van der Waals surface area contributed by atoms with Crippen LogP contribution >= 0.6 is 0 Å². The average molecular weight is 227 g/mol. The van der Waals surface area contributed by atoms with Gasteiger partial charge in [-0.05, 0) is 38.4 Å². The van der Waals surface area contributed by atoms with Gasteiger partial charge in [-0.25, -0.2) is 0 Å². The van der Waals surface area contributed by atoms with Crippen molar-refractivity contribution in [2.45, 2.75) is 39.2 Å². The number of likely N-dealkylation sites (N-methyl/N-ethyl adjacent to an activating group) is 2. The van der Waals surface area contributed by atoms with E-state index in [4.69, 9.17) is 5.73 Å². The summed E-state index contributed by atoms with van der Waals surface area (Å²) in [6, 6.07) is 0. The van der Waals surface area contributed by atoms with Crippen molar-refractivity contribution in [3.05, 3.63) is 0 Å². The topological polar surface area (TPSA) is 58.4 Å². The van der Waals surface area contributed by atoms with Crippen LogP contribution in [0.1, 0.15) is 33.6 Å². The first kappa shape index (κ1) is 13.5. The lowest BCUT2D eigenvalue weighted by Gasteiger charge is -2.36. The molecule has 3 N–H and O–H groups in total. The van der Waals surface area contributed by atoms with Gasteiger partial charge in [0.25, 0.3) is 0 Å². The Morgan fingerprint density at radius 1 is 1.38 bits per heavy atom. The van der Waals surface area contributed by atoms with Gasteiger partial charge in [-0.3, -0.25) is 4.79 Å². The van der Waals surface area contributed by atoms with Crippen LogP contribution in [0.15, 0.2) is 0 Å². The minimum Gasteiger partial charge on any atom is -0.368 e. The van der Waals surface area contributed by atoms with Gasteiger partial charge in [0.1, 0.15) is 5.54 Å². The molecule has 4 heteroatoms. The molecule has 1 atom stereocenters. The summed E-state index contributed by atoms with van der Waals surface area (Å²) in [4.78, 5) is 14.1. The largest absolute Gasteiger partial charge is 0.368 e. The maximum absolute atomic E-state index is 11.8. The van der Waals surface area contributed by atoms with Crippen LogP contribution in [0.5, 0.6) is 0 Å². The molecule has 4 nitrogen and oxygen atoms in total. The van der Waals surface area contributed by atoms with Gasteiger partial charge in [0.2, 0.25) is 5.91 Å². The molecule has 94 valence electrons. The normalized spacial score (nSPS) is 19.8. The standard InChI is InChI=1S/C12H25N3O/c1-4-14-12(11(13)16,10-7-8-10)9-15(5-2)6-3/h10,14H,4-9H2,1-3H3,(H2,13,16). The number of rotatable bonds is 8. The van der Waals surface area contributed by atoms with E-state index in [2.05, 4.69) is 24.1 Å². The Morgan fingerprint density at radius 2 is 1.94 bits per heavy atom. The van der Waals surface area contributed by atoms with Crippen LogP contribution in [0.4, 0.5) is 0 Å². The summed E-state index contributed by atoms with van der Waals surface area (Å²) in [5.41, 5.74) is 5.13. The van der Waals surface area contributed by atoms with E-state index in [1.165, 1.54) is 0 Å². The van der Waals surface area contributed by atoms with Crippen LogP contribution in [0.2, 0.25) is 0 Å². The molecule has 0 bridgehead atoms. The molecular formula is C12H25N3O. The minimum atomic E-state index is -0.499. The Balaban J connectivity index is 2.78. The second-order valence-corrected chi connectivity index (χ2v) is 4.60. The Bertz CT molecular complexity index is 236. The number of amides is 1. The van der Waals surface area contributed by atoms with Crippen LogP contribution in [0.25, 0.3) is 0 Å². The second-order valence-electron chi connectivity index (χ2n) is 4.60. The van der Waals surface area contributed by atoms with Crippen LogP contribution < -0.4 is 11.1 Å². The summed E-state index contributed by atoms with van der Waals surface area (Å²) in [6.07, 6.45) is 2.24. The molecule has 1 unspecified atom stereocenters. The zero-order chi connectivity index (χ0) is 12.2. The Kier molecular flexibility index (Phi) is 4.74. The van der Waals surface area contributed by atoms with Crippen LogP contribution in [-0.4, -0.2) is 42.5 Å². The lowest BCUT2D eigenvalue weighted by atomic mass is 9.91. The highest BCUT2D eigenvalue weighted by Crippen LogP contribution is 2.40. The Hall–Kier alpha value is -0.610. The van der Waals surface area contributed by atoms with E-state index >= 15 is 0 Å². The average Bonchev–Trinajstić information content (AvgIpc) is 3.08. The van der Waals surface area contributed by atoms with Gasteiger partial charge in [0, 0.05) is 6.54 Å². The number of carbonyl (C=O) groups is 1. The van der Waals surface area contributed by atoms with Crippen LogP contribution in [-0.2, 0) is 4.79 Å². The quantitative estimate of drug-likeness (QED) is 0.637. The number of nitrogens with two attached hydrogens (primary N) is 1. The van der Waals surface area contributed by atoms with Crippen molar-refractivity contribution in [1.29, 1.82) is 0 Å². The molecule has 1 rings (SSSR count). The van der Waals surface area contributed by atoms with Crippen molar-refractivity contribution in [1.82, 2.24) is 10.2 Å². The lowest BCUT2D eigenvalue weighted by molar-refractivity contribution is -0.126. The molecule has 0 aliphatic heterocycles. The highest BCUT2D eigenvalue weighted by atomic mass is 16.1. The number of primary amides is 1. The van der Waals surface area contributed by atoms with Gasteiger partial charge in [0.15, 0.2) is 0 Å². The number of nitrogens with one attached hydrogen (secondary N) is 1. The third kappa shape index (κ3) is 2.74. The van der Waals surface area contributed by atoms with E-state index in [-0.39, 0.29) is 5.91 Å². The summed E-state index contributed by atoms with van der Waals surface area (Å²) in [5, 5.41) is 3.34. The number of hydrogen-bond donors (Lipinski definition) is 2. The van der Waals surface area contributed by atoms with Crippen molar-refractivity contribution in [3.8, 4) is 0 Å². The zero-order valence-electron chi connectivity index (χ0n) is 10.8. The monoisotopic (exact) mass is 227 g/mol. The molecule has 16 heavy (non-hydrogen) atoms. The molecule has 1 aliphatic rings. The first-order chi connectivity index (χ1) is 7.60. The maximum atomic E-state index is 11.8. The van der Waals surface area contributed by atoms with E-state index < -0.39 is 5.54 Å². The van der Waals surface area contributed by atoms with Crippen molar-refractivity contribution in [2.75, 3.05) is 26.2 Å². The van der Waals surface area contributed by atoms with Gasteiger partial charge < -0.3 is 16.0 Å². The third-order valence-electron chi connectivity index (χ3n) is 3.57. The van der Waals surface area contributed by atoms with Gasteiger partial charge in [0.05, 0.1) is 0 Å². The molecule has 0 radical (unpaired) electrons. The molecule has 0 spiro atoms. The summed E-state index contributed by atoms with van der Waals surface area (Å²) in [5.74, 6) is 0.245. The van der Waals surface area contributed by atoms with Crippen molar-refractivity contribution in [2.24, 2.45) is 11.7 Å². The first-order valence-electron chi connectivity index (χ1n) is 6.38. The van der Waals surface area contributed by atoms with Gasteiger partial charge in [-0.2, -0.15) is 0 Å². The van der Waals surface area contributed by atoms with Crippen molar-refractivity contribution in [3.63, 3.8) is 0 Å². The number of nitrogens with zero attached hydrogens (tertiary/aromatic N) is 1. The van der Waals surface area contributed by atoms with E-state index in [0.717, 1.165) is 39.0 Å². The van der Waals surface area contributed by atoms with E-state index in [1.807, 2.05) is 6.92 Å². The highest BCUT2D eigenvalue weighted by Gasteiger charge is 2.49. The van der Waals surface area contributed by atoms with Crippen molar-refractivity contribution >= 4 is 5.91 Å². The molecular weight excluding hydrogens is 202 g/mol. The summed E-state index contributed by atoms with van der Waals surface area (Å²) < 4.78 is 0. The fourth-order valence-electron chi connectivity index (χ4n) is 2.39. The van der Waals surface area contributed by atoms with Gasteiger partial charge in [-0.15, -0.1) is 0 Å². The highest BCUT2D eigenvalue weighted by molar-refractivity contribution is 5.86. The van der Waals surface area contributed by atoms with Crippen LogP contribution in [0, 0.1) is 5.92 Å². The van der Waals surface area contributed by atoms with Crippen molar-refractivity contribution < 1.29 is 4.79 Å². The van der Waals surface area contributed by atoms with E-state index in [1.54, 1.807) is 0 Å². The Morgan fingerprint density at radius 3 is 2.25 bits per heavy atom. The third-order valence-corrected chi connectivity index (χ3v) is 3.57. The van der Waals surface area contributed by atoms with Gasteiger partial charge >= 0.3 is 0 Å². The number of carbonyl (C=O) groups excluding carboxylic acids is 1. The molecule has 0 heterocycles.